The normalized spacial score (nSPS) is 13.2. The quantitative estimate of drug-likeness (QED) is 0.370. The van der Waals surface area contributed by atoms with E-state index in [1.54, 1.807) is 0 Å². The summed E-state index contributed by atoms with van der Waals surface area (Å²) in [5, 5.41) is 0. The number of hydrogen-bond acceptors (Lipinski definition) is 2. The minimum absolute atomic E-state index is 0.143. The molecule has 32 heavy (non-hydrogen) atoms. The van der Waals surface area contributed by atoms with Crippen LogP contribution in [-0.4, -0.2) is 59.2 Å². The van der Waals surface area contributed by atoms with E-state index in [4.69, 9.17) is 9.98 Å². The minimum Gasteiger partial charge on any atom is -0.359 e. The molecule has 0 unspecified atom stereocenters. The van der Waals surface area contributed by atoms with Crippen molar-refractivity contribution in [1.29, 1.82) is 0 Å². The Morgan fingerprint density at radius 3 is 1.62 bits per heavy atom. The first-order valence-electron chi connectivity index (χ1n) is 11.8. The molecule has 0 heterocycles. The van der Waals surface area contributed by atoms with Crippen molar-refractivity contribution in [3.63, 3.8) is 0 Å². The first-order valence-corrected chi connectivity index (χ1v) is 11.8. The van der Waals surface area contributed by atoms with E-state index in [2.05, 4.69) is 120 Å². The van der Waals surface area contributed by atoms with E-state index < -0.39 is 0 Å². The Labute approximate surface area is 196 Å². The van der Waals surface area contributed by atoms with Crippen LogP contribution in [0.1, 0.15) is 66.0 Å². The average Bonchev–Trinajstić information content (AvgIpc) is 2.76. The topological polar surface area (TPSA) is 31.2 Å². The number of aliphatic imine (C=N–C) groups is 2. The summed E-state index contributed by atoms with van der Waals surface area (Å²) in [5.74, 6) is 2.11. The van der Waals surface area contributed by atoms with Crippen molar-refractivity contribution in [3.05, 3.63) is 71.8 Å². The van der Waals surface area contributed by atoms with Crippen molar-refractivity contribution < 1.29 is 0 Å². The van der Waals surface area contributed by atoms with E-state index in [-0.39, 0.29) is 11.1 Å². The van der Waals surface area contributed by atoms with Crippen molar-refractivity contribution >= 4 is 11.7 Å². The lowest BCUT2D eigenvalue weighted by molar-refractivity contribution is 0.382. The van der Waals surface area contributed by atoms with Gasteiger partial charge in [-0.1, -0.05) is 60.7 Å². The Hall–Kier alpha value is -2.62. The molecule has 0 fully saturated rings. The second-order valence-corrected chi connectivity index (χ2v) is 9.93. The standard InChI is InChI=1S/C28H42N4/c1-9-32(10-2)26(24-19-15-12-16-20-24)30-28(6,7)21-22-31(8)25(29-27(3,4)5)23-17-13-11-14-18-23/h11-20H,9-10,21-22H2,1-8H3. The summed E-state index contributed by atoms with van der Waals surface area (Å²) in [6, 6.07) is 21.0. The van der Waals surface area contributed by atoms with Gasteiger partial charge in [-0.25, -0.2) is 0 Å². The maximum Gasteiger partial charge on any atom is 0.131 e. The zero-order valence-corrected chi connectivity index (χ0v) is 21.4. The van der Waals surface area contributed by atoms with E-state index >= 15 is 0 Å². The van der Waals surface area contributed by atoms with E-state index in [0.717, 1.165) is 43.3 Å². The fourth-order valence-electron chi connectivity index (χ4n) is 3.59. The highest BCUT2D eigenvalue weighted by Gasteiger charge is 2.23. The van der Waals surface area contributed by atoms with E-state index in [1.807, 2.05) is 6.07 Å². The average molecular weight is 435 g/mol. The highest BCUT2D eigenvalue weighted by atomic mass is 15.2. The van der Waals surface area contributed by atoms with Gasteiger partial charge in [0.1, 0.15) is 11.7 Å². The van der Waals surface area contributed by atoms with E-state index in [0.29, 0.717) is 0 Å². The van der Waals surface area contributed by atoms with Crippen molar-refractivity contribution in [3.8, 4) is 0 Å². The molecule has 0 aliphatic heterocycles. The molecule has 0 N–H and O–H groups in total. The molecule has 0 bridgehead atoms. The molecule has 0 aromatic heterocycles. The summed E-state index contributed by atoms with van der Waals surface area (Å²) in [4.78, 5) is 14.9. The Bertz CT molecular complexity index is 873. The van der Waals surface area contributed by atoms with Crippen LogP contribution < -0.4 is 0 Å². The largest absolute Gasteiger partial charge is 0.359 e. The first kappa shape index (κ1) is 25.6. The lowest BCUT2D eigenvalue weighted by Gasteiger charge is -2.31. The Balaban J connectivity index is 2.28. The molecule has 0 radical (unpaired) electrons. The fraction of sp³-hybridized carbons (Fsp3) is 0.500. The number of nitrogens with zero attached hydrogens (tertiary/aromatic N) is 4. The molecule has 0 aliphatic rings. The summed E-state index contributed by atoms with van der Waals surface area (Å²) in [6.45, 7) is 18.0. The third-order valence-electron chi connectivity index (χ3n) is 5.40. The highest BCUT2D eigenvalue weighted by Crippen LogP contribution is 2.20. The molecule has 0 saturated heterocycles. The molecular weight excluding hydrogens is 392 g/mol. The van der Waals surface area contributed by atoms with Gasteiger partial charge in [0.25, 0.3) is 0 Å². The molecular formula is C28H42N4. The highest BCUT2D eigenvalue weighted by molar-refractivity contribution is 5.99. The number of hydrogen-bond donors (Lipinski definition) is 0. The fourth-order valence-corrected chi connectivity index (χ4v) is 3.59. The molecule has 0 spiro atoms. The summed E-state index contributed by atoms with van der Waals surface area (Å²) in [6.07, 6.45) is 0.928. The number of amidine groups is 2. The summed E-state index contributed by atoms with van der Waals surface area (Å²) in [7, 11) is 2.14. The van der Waals surface area contributed by atoms with Crippen molar-refractivity contribution in [1.82, 2.24) is 9.80 Å². The predicted molar refractivity (Wildman–Crippen MR) is 140 cm³/mol. The smallest absolute Gasteiger partial charge is 0.131 e. The Morgan fingerprint density at radius 1 is 0.719 bits per heavy atom. The van der Waals surface area contributed by atoms with Crippen molar-refractivity contribution in [2.75, 3.05) is 26.7 Å². The lowest BCUT2D eigenvalue weighted by Crippen LogP contribution is -2.37. The number of rotatable bonds is 8. The summed E-state index contributed by atoms with van der Waals surface area (Å²) >= 11 is 0. The molecule has 4 nitrogen and oxygen atoms in total. The van der Waals surface area contributed by atoms with Crippen LogP contribution in [0.2, 0.25) is 0 Å². The summed E-state index contributed by atoms with van der Waals surface area (Å²) in [5.41, 5.74) is 1.98. The SMILES string of the molecule is CCN(CC)C(=NC(C)(C)CCN(C)C(=NC(C)(C)C)c1ccccc1)c1ccccc1. The first-order chi connectivity index (χ1) is 15.1. The second kappa shape index (κ2) is 11.3. The Morgan fingerprint density at radius 2 is 1.19 bits per heavy atom. The van der Waals surface area contributed by atoms with Gasteiger partial charge in [0.2, 0.25) is 0 Å². The molecule has 0 saturated carbocycles. The zero-order valence-electron chi connectivity index (χ0n) is 21.4. The monoisotopic (exact) mass is 434 g/mol. The second-order valence-electron chi connectivity index (χ2n) is 9.93. The van der Waals surface area contributed by atoms with E-state index in [9.17, 15) is 0 Å². The maximum atomic E-state index is 5.28. The van der Waals surface area contributed by atoms with Gasteiger partial charge in [-0.3, -0.25) is 9.98 Å². The molecule has 4 heteroatoms. The van der Waals surface area contributed by atoms with Crippen molar-refractivity contribution in [2.24, 2.45) is 9.98 Å². The zero-order chi connectivity index (χ0) is 23.8. The molecule has 174 valence electrons. The van der Waals surface area contributed by atoms with Crippen LogP contribution in [-0.2, 0) is 0 Å². The predicted octanol–water partition coefficient (Wildman–Crippen LogP) is 6.12. The van der Waals surface area contributed by atoms with Crippen LogP contribution in [0.4, 0.5) is 0 Å². The van der Waals surface area contributed by atoms with Crippen molar-refractivity contribution in [2.45, 2.75) is 66.0 Å². The van der Waals surface area contributed by atoms with Crippen LogP contribution in [0.25, 0.3) is 0 Å². The van der Waals surface area contributed by atoms with Gasteiger partial charge in [-0.15, -0.1) is 0 Å². The van der Waals surface area contributed by atoms with Crippen LogP contribution in [0.5, 0.6) is 0 Å². The van der Waals surface area contributed by atoms with Gasteiger partial charge in [0.15, 0.2) is 0 Å². The van der Waals surface area contributed by atoms with Crippen LogP contribution in [0.3, 0.4) is 0 Å². The molecule has 2 rings (SSSR count). The van der Waals surface area contributed by atoms with Crippen LogP contribution >= 0.6 is 0 Å². The van der Waals surface area contributed by atoms with Gasteiger partial charge >= 0.3 is 0 Å². The molecule has 0 aliphatic carbocycles. The molecule has 0 amide bonds. The molecule has 2 aromatic rings. The van der Waals surface area contributed by atoms with Gasteiger partial charge in [-0.2, -0.15) is 0 Å². The van der Waals surface area contributed by atoms with E-state index in [1.165, 1.54) is 5.56 Å². The molecule has 2 aromatic carbocycles. The third-order valence-corrected chi connectivity index (χ3v) is 5.40. The van der Waals surface area contributed by atoms with Crippen LogP contribution in [0, 0.1) is 0 Å². The minimum atomic E-state index is -0.203. The van der Waals surface area contributed by atoms with Crippen LogP contribution in [0.15, 0.2) is 70.6 Å². The molecule has 0 atom stereocenters. The third kappa shape index (κ3) is 7.81. The number of benzene rings is 2. The van der Waals surface area contributed by atoms with Gasteiger partial charge in [-0.05, 0) is 54.9 Å². The summed E-state index contributed by atoms with van der Waals surface area (Å²) < 4.78 is 0. The maximum absolute atomic E-state index is 5.28. The van der Waals surface area contributed by atoms with Gasteiger partial charge < -0.3 is 9.80 Å². The van der Waals surface area contributed by atoms with Gasteiger partial charge in [0, 0.05) is 37.8 Å². The van der Waals surface area contributed by atoms with Gasteiger partial charge in [0.05, 0.1) is 11.1 Å². The Kier molecular flexibility index (Phi) is 9.06. The lowest BCUT2D eigenvalue weighted by atomic mass is 10.00.